The lowest BCUT2D eigenvalue weighted by atomic mass is 9.97. The minimum Gasteiger partial charge on any atom is -0.393 e. The molecule has 2 nitrogen and oxygen atoms in total. The van der Waals surface area contributed by atoms with Crippen LogP contribution in [0.3, 0.4) is 0 Å². The molecule has 0 bridgehead atoms. The average Bonchev–Trinajstić information content (AvgIpc) is 2.56. The SMILES string of the molecule is OC1CCCCCC1CNCc1ccccc1. The number of aliphatic hydroxyl groups excluding tert-OH is 1. The summed E-state index contributed by atoms with van der Waals surface area (Å²) in [5.74, 6) is 0.446. The van der Waals surface area contributed by atoms with Gasteiger partial charge in [0.05, 0.1) is 6.10 Å². The number of hydrogen-bond donors (Lipinski definition) is 2. The molecule has 1 fully saturated rings. The fourth-order valence-corrected chi connectivity index (χ4v) is 2.60. The van der Waals surface area contributed by atoms with E-state index in [1.54, 1.807) is 0 Å². The van der Waals surface area contributed by atoms with E-state index in [-0.39, 0.29) is 6.10 Å². The van der Waals surface area contributed by atoms with Crippen molar-refractivity contribution in [3.05, 3.63) is 35.9 Å². The first kappa shape index (κ1) is 12.6. The third-order valence-corrected chi connectivity index (χ3v) is 3.70. The summed E-state index contributed by atoms with van der Waals surface area (Å²) in [6, 6.07) is 10.4. The Morgan fingerprint density at radius 1 is 1.06 bits per heavy atom. The quantitative estimate of drug-likeness (QED) is 0.784. The number of nitrogens with one attached hydrogen (secondary N) is 1. The van der Waals surface area contributed by atoms with Crippen LogP contribution in [0.2, 0.25) is 0 Å². The molecule has 0 saturated heterocycles. The van der Waals surface area contributed by atoms with Crippen LogP contribution in [0.5, 0.6) is 0 Å². The maximum Gasteiger partial charge on any atom is 0.0580 e. The first-order chi connectivity index (χ1) is 8.36. The summed E-state index contributed by atoms with van der Waals surface area (Å²) < 4.78 is 0. The number of rotatable bonds is 4. The Kier molecular flexibility index (Phi) is 5.02. The largest absolute Gasteiger partial charge is 0.393 e. The molecule has 0 spiro atoms. The normalized spacial score (nSPS) is 25.5. The van der Waals surface area contributed by atoms with Crippen LogP contribution in [0, 0.1) is 5.92 Å². The Hall–Kier alpha value is -0.860. The van der Waals surface area contributed by atoms with E-state index in [9.17, 15) is 5.11 Å². The van der Waals surface area contributed by atoms with Gasteiger partial charge in [0.1, 0.15) is 0 Å². The Bertz CT molecular complexity index is 312. The van der Waals surface area contributed by atoms with Crippen molar-refractivity contribution < 1.29 is 5.11 Å². The third-order valence-electron chi connectivity index (χ3n) is 3.70. The summed E-state index contributed by atoms with van der Waals surface area (Å²) in [7, 11) is 0. The monoisotopic (exact) mass is 233 g/mol. The van der Waals surface area contributed by atoms with Crippen molar-refractivity contribution in [1.29, 1.82) is 0 Å². The summed E-state index contributed by atoms with van der Waals surface area (Å²) in [6.45, 7) is 1.85. The van der Waals surface area contributed by atoms with Crippen LogP contribution in [0.25, 0.3) is 0 Å². The number of aliphatic hydroxyl groups is 1. The molecule has 0 amide bonds. The molecule has 1 aromatic rings. The molecule has 1 aromatic carbocycles. The van der Waals surface area contributed by atoms with Gasteiger partial charge in [0, 0.05) is 13.1 Å². The molecule has 2 atom stereocenters. The van der Waals surface area contributed by atoms with E-state index in [4.69, 9.17) is 0 Å². The molecule has 1 aliphatic rings. The molecule has 2 unspecified atom stereocenters. The fraction of sp³-hybridized carbons (Fsp3) is 0.600. The number of hydrogen-bond acceptors (Lipinski definition) is 2. The second kappa shape index (κ2) is 6.77. The van der Waals surface area contributed by atoms with Gasteiger partial charge < -0.3 is 10.4 Å². The van der Waals surface area contributed by atoms with Crippen LogP contribution in [-0.4, -0.2) is 17.8 Å². The van der Waals surface area contributed by atoms with E-state index in [1.807, 2.05) is 6.07 Å². The van der Waals surface area contributed by atoms with Crippen molar-refractivity contribution >= 4 is 0 Å². The zero-order chi connectivity index (χ0) is 11.9. The van der Waals surface area contributed by atoms with Gasteiger partial charge in [-0.1, -0.05) is 49.6 Å². The fourth-order valence-electron chi connectivity index (χ4n) is 2.60. The summed E-state index contributed by atoms with van der Waals surface area (Å²) in [6.07, 6.45) is 5.80. The van der Waals surface area contributed by atoms with Gasteiger partial charge in [-0.05, 0) is 24.3 Å². The summed E-state index contributed by atoms with van der Waals surface area (Å²) in [5, 5.41) is 13.5. The molecule has 17 heavy (non-hydrogen) atoms. The molecular formula is C15H23NO. The van der Waals surface area contributed by atoms with Gasteiger partial charge in [0.2, 0.25) is 0 Å². The van der Waals surface area contributed by atoms with Gasteiger partial charge >= 0.3 is 0 Å². The van der Waals surface area contributed by atoms with Crippen LogP contribution in [-0.2, 0) is 6.54 Å². The second-order valence-corrected chi connectivity index (χ2v) is 5.08. The van der Waals surface area contributed by atoms with Crippen molar-refractivity contribution in [3.8, 4) is 0 Å². The highest BCUT2D eigenvalue weighted by Crippen LogP contribution is 2.22. The Morgan fingerprint density at radius 3 is 2.65 bits per heavy atom. The van der Waals surface area contributed by atoms with Crippen LogP contribution >= 0.6 is 0 Å². The molecule has 0 aliphatic heterocycles. The van der Waals surface area contributed by atoms with E-state index in [1.165, 1.54) is 31.2 Å². The lowest BCUT2D eigenvalue weighted by molar-refractivity contribution is 0.0997. The van der Waals surface area contributed by atoms with Crippen molar-refractivity contribution in [2.24, 2.45) is 5.92 Å². The minimum absolute atomic E-state index is 0.0965. The van der Waals surface area contributed by atoms with E-state index < -0.39 is 0 Å². The van der Waals surface area contributed by atoms with Gasteiger partial charge in [-0.2, -0.15) is 0 Å². The number of benzene rings is 1. The van der Waals surface area contributed by atoms with Gasteiger partial charge in [0.25, 0.3) is 0 Å². The Morgan fingerprint density at radius 2 is 1.82 bits per heavy atom. The van der Waals surface area contributed by atoms with Gasteiger partial charge in [-0.25, -0.2) is 0 Å². The molecular weight excluding hydrogens is 210 g/mol. The summed E-state index contributed by atoms with van der Waals surface area (Å²) in [4.78, 5) is 0. The predicted molar refractivity (Wildman–Crippen MR) is 70.7 cm³/mol. The Balaban J connectivity index is 1.73. The smallest absolute Gasteiger partial charge is 0.0580 e. The van der Waals surface area contributed by atoms with Crippen molar-refractivity contribution in [1.82, 2.24) is 5.32 Å². The molecule has 1 saturated carbocycles. The molecule has 0 aromatic heterocycles. The van der Waals surface area contributed by atoms with Crippen LogP contribution in [0.4, 0.5) is 0 Å². The maximum atomic E-state index is 10.0. The second-order valence-electron chi connectivity index (χ2n) is 5.08. The maximum absolute atomic E-state index is 10.0. The highest BCUT2D eigenvalue weighted by Gasteiger charge is 2.20. The van der Waals surface area contributed by atoms with Crippen molar-refractivity contribution in [2.45, 2.75) is 44.8 Å². The summed E-state index contributed by atoms with van der Waals surface area (Å²) in [5.41, 5.74) is 1.32. The summed E-state index contributed by atoms with van der Waals surface area (Å²) >= 11 is 0. The molecule has 0 heterocycles. The highest BCUT2D eigenvalue weighted by atomic mass is 16.3. The van der Waals surface area contributed by atoms with Crippen molar-refractivity contribution in [3.63, 3.8) is 0 Å². The molecule has 1 aliphatic carbocycles. The molecule has 2 N–H and O–H groups in total. The van der Waals surface area contributed by atoms with E-state index in [0.717, 1.165) is 19.5 Å². The minimum atomic E-state index is -0.0965. The van der Waals surface area contributed by atoms with E-state index in [2.05, 4.69) is 29.6 Å². The van der Waals surface area contributed by atoms with Crippen molar-refractivity contribution in [2.75, 3.05) is 6.54 Å². The standard InChI is InChI=1S/C15H23NO/c17-15-10-6-2-5-9-14(15)12-16-11-13-7-3-1-4-8-13/h1,3-4,7-8,14-17H,2,5-6,9-12H2. The Labute approximate surface area is 104 Å². The van der Waals surface area contributed by atoms with E-state index in [0.29, 0.717) is 5.92 Å². The third kappa shape index (κ3) is 4.14. The molecule has 94 valence electrons. The average molecular weight is 233 g/mol. The van der Waals surface area contributed by atoms with Gasteiger partial charge in [-0.3, -0.25) is 0 Å². The van der Waals surface area contributed by atoms with Crippen LogP contribution in [0.1, 0.15) is 37.7 Å². The zero-order valence-electron chi connectivity index (χ0n) is 10.4. The predicted octanol–water partition coefficient (Wildman–Crippen LogP) is 2.72. The zero-order valence-corrected chi connectivity index (χ0v) is 10.4. The topological polar surface area (TPSA) is 32.3 Å². The molecule has 2 heteroatoms. The lowest BCUT2D eigenvalue weighted by Gasteiger charge is -2.20. The van der Waals surface area contributed by atoms with Gasteiger partial charge in [-0.15, -0.1) is 0 Å². The highest BCUT2D eigenvalue weighted by molar-refractivity contribution is 5.14. The molecule has 2 rings (SSSR count). The lowest BCUT2D eigenvalue weighted by Crippen LogP contribution is -2.30. The molecule has 0 radical (unpaired) electrons. The van der Waals surface area contributed by atoms with Gasteiger partial charge in [0.15, 0.2) is 0 Å². The van der Waals surface area contributed by atoms with Crippen LogP contribution < -0.4 is 5.32 Å². The van der Waals surface area contributed by atoms with E-state index >= 15 is 0 Å². The first-order valence-electron chi connectivity index (χ1n) is 6.79. The van der Waals surface area contributed by atoms with Crippen LogP contribution in [0.15, 0.2) is 30.3 Å². The first-order valence-corrected chi connectivity index (χ1v) is 6.79.